The molecule has 1 heterocycles. The third kappa shape index (κ3) is 3.91. The van der Waals surface area contributed by atoms with Gasteiger partial charge in [-0.25, -0.2) is 4.72 Å². The Kier molecular flexibility index (Phi) is 4.48. The summed E-state index contributed by atoms with van der Waals surface area (Å²) in [5.74, 6) is -0.0397. The fraction of sp³-hybridized carbons (Fsp3) is 0.889. The summed E-state index contributed by atoms with van der Waals surface area (Å²) in [5, 5.41) is 7.36. The van der Waals surface area contributed by atoms with E-state index in [1.165, 1.54) is 4.31 Å². The summed E-state index contributed by atoms with van der Waals surface area (Å²) in [6.45, 7) is 5.09. The Hall–Kier alpha value is -0.700. The van der Waals surface area contributed by atoms with Gasteiger partial charge in [0, 0.05) is 25.0 Å². The van der Waals surface area contributed by atoms with E-state index >= 15 is 0 Å². The zero-order valence-electron chi connectivity index (χ0n) is 10.2. The Morgan fingerprint density at radius 3 is 2.47 bits per heavy atom. The van der Waals surface area contributed by atoms with E-state index in [4.69, 9.17) is 15.9 Å². The van der Waals surface area contributed by atoms with Gasteiger partial charge in [0.05, 0.1) is 19.0 Å². The summed E-state index contributed by atoms with van der Waals surface area (Å²) in [7, 11) is -3.50. The SMILES string of the molecule is CC(C)(CNS(=O)(=O)N1CCOCC1)C(=N)N. The van der Waals surface area contributed by atoms with Crippen LogP contribution in [0.1, 0.15) is 13.8 Å². The van der Waals surface area contributed by atoms with E-state index in [1.807, 2.05) is 0 Å². The molecule has 8 heteroatoms. The third-order valence-corrected chi connectivity index (χ3v) is 4.29. The highest BCUT2D eigenvalue weighted by atomic mass is 32.2. The molecule has 100 valence electrons. The van der Waals surface area contributed by atoms with Crippen molar-refractivity contribution in [2.75, 3.05) is 32.8 Å². The molecule has 0 radical (unpaired) electrons. The molecule has 1 aliphatic rings. The van der Waals surface area contributed by atoms with Crippen LogP contribution in [-0.4, -0.2) is 51.4 Å². The van der Waals surface area contributed by atoms with Crippen LogP contribution < -0.4 is 10.5 Å². The Morgan fingerprint density at radius 1 is 1.47 bits per heavy atom. The number of morpholine rings is 1. The van der Waals surface area contributed by atoms with Crippen molar-refractivity contribution in [1.29, 1.82) is 5.41 Å². The van der Waals surface area contributed by atoms with Gasteiger partial charge in [-0.2, -0.15) is 12.7 Å². The highest BCUT2D eigenvalue weighted by molar-refractivity contribution is 7.87. The molecule has 0 aromatic carbocycles. The largest absolute Gasteiger partial charge is 0.387 e. The van der Waals surface area contributed by atoms with Crippen LogP contribution in [0.2, 0.25) is 0 Å². The number of ether oxygens (including phenoxy) is 1. The number of nitrogens with one attached hydrogen (secondary N) is 2. The zero-order chi connectivity index (χ0) is 13.1. The van der Waals surface area contributed by atoms with Gasteiger partial charge in [-0.05, 0) is 0 Å². The van der Waals surface area contributed by atoms with Crippen molar-refractivity contribution in [3.8, 4) is 0 Å². The maximum atomic E-state index is 11.9. The van der Waals surface area contributed by atoms with Crippen LogP contribution in [0.4, 0.5) is 0 Å². The van der Waals surface area contributed by atoms with Gasteiger partial charge in [-0.1, -0.05) is 13.8 Å². The van der Waals surface area contributed by atoms with Crippen LogP contribution in [0.3, 0.4) is 0 Å². The van der Waals surface area contributed by atoms with Crippen LogP contribution in [0.15, 0.2) is 0 Å². The molecule has 0 amide bonds. The number of rotatable bonds is 5. The Labute approximate surface area is 102 Å². The molecule has 0 aliphatic carbocycles. The van der Waals surface area contributed by atoms with E-state index < -0.39 is 15.6 Å². The first-order valence-corrected chi connectivity index (χ1v) is 6.87. The lowest BCUT2D eigenvalue weighted by Crippen LogP contribution is -2.50. The number of hydrogen-bond acceptors (Lipinski definition) is 4. The van der Waals surface area contributed by atoms with E-state index in [0.717, 1.165) is 0 Å². The second-order valence-electron chi connectivity index (χ2n) is 4.64. The molecule has 0 atom stereocenters. The maximum Gasteiger partial charge on any atom is 0.279 e. The Bertz CT molecular complexity index is 374. The summed E-state index contributed by atoms with van der Waals surface area (Å²) in [6, 6.07) is 0. The summed E-state index contributed by atoms with van der Waals surface area (Å²) in [5.41, 5.74) is 4.71. The second kappa shape index (κ2) is 5.30. The molecule has 0 aromatic heterocycles. The van der Waals surface area contributed by atoms with E-state index in [0.29, 0.717) is 26.3 Å². The van der Waals surface area contributed by atoms with Gasteiger partial charge in [0.25, 0.3) is 10.2 Å². The van der Waals surface area contributed by atoms with Gasteiger partial charge < -0.3 is 10.5 Å². The smallest absolute Gasteiger partial charge is 0.279 e. The Balaban J connectivity index is 2.58. The molecule has 0 saturated carbocycles. The molecule has 0 aromatic rings. The normalized spacial score (nSPS) is 19.2. The molecule has 1 saturated heterocycles. The van der Waals surface area contributed by atoms with Gasteiger partial charge in [0.2, 0.25) is 0 Å². The van der Waals surface area contributed by atoms with Crippen LogP contribution in [-0.2, 0) is 14.9 Å². The first-order valence-electron chi connectivity index (χ1n) is 5.43. The van der Waals surface area contributed by atoms with E-state index in [-0.39, 0.29) is 12.4 Å². The number of nitrogens with zero attached hydrogens (tertiary/aromatic N) is 1. The van der Waals surface area contributed by atoms with Gasteiger partial charge in [0.1, 0.15) is 0 Å². The molecule has 1 fully saturated rings. The van der Waals surface area contributed by atoms with E-state index in [9.17, 15) is 8.42 Å². The summed E-state index contributed by atoms with van der Waals surface area (Å²) >= 11 is 0. The molecule has 0 bridgehead atoms. The third-order valence-electron chi connectivity index (χ3n) is 2.74. The highest BCUT2D eigenvalue weighted by Gasteiger charge is 2.28. The minimum Gasteiger partial charge on any atom is -0.387 e. The molecule has 1 rings (SSSR count). The van der Waals surface area contributed by atoms with E-state index in [1.54, 1.807) is 13.8 Å². The lowest BCUT2D eigenvalue weighted by atomic mass is 9.93. The first kappa shape index (κ1) is 14.4. The summed E-state index contributed by atoms with van der Waals surface area (Å²) in [6.07, 6.45) is 0. The average Bonchev–Trinajstić information content (AvgIpc) is 2.28. The Morgan fingerprint density at radius 2 is 2.00 bits per heavy atom. The molecular weight excluding hydrogens is 244 g/mol. The van der Waals surface area contributed by atoms with Crippen molar-refractivity contribution in [2.45, 2.75) is 13.8 Å². The number of nitrogens with two attached hydrogens (primary N) is 1. The van der Waals surface area contributed by atoms with Gasteiger partial charge in [0.15, 0.2) is 0 Å². The minimum atomic E-state index is -3.50. The molecule has 0 unspecified atom stereocenters. The number of hydrogen-bond donors (Lipinski definition) is 3. The second-order valence-corrected chi connectivity index (χ2v) is 6.39. The van der Waals surface area contributed by atoms with Crippen molar-refractivity contribution in [1.82, 2.24) is 9.03 Å². The molecule has 0 spiro atoms. The van der Waals surface area contributed by atoms with Gasteiger partial charge in [-0.15, -0.1) is 0 Å². The monoisotopic (exact) mass is 264 g/mol. The molecule has 4 N–H and O–H groups in total. The van der Waals surface area contributed by atoms with Crippen LogP contribution in [0, 0.1) is 10.8 Å². The quantitative estimate of drug-likeness (QED) is 0.442. The fourth-order valence-electron chi connectivity index (χ4n) is 1.25. The number of amidine groups is 1. The molecule has 17 heavy (non-hydrogen) atoms. The molecular formula is C9H20N4O3S. The van der Waals surface area contributed by atoms with Crippen LogP contribution in [0.5, 0.6) is 0 Å². The van der Waals surface area contributed by atoms with Crippen molar-refractivity contribution in [3.05, 3.63) is 0 Å². The average molecular weight is 264 g/mol. The summed E-state index contributed by atoms with van der Waals surface area (Å²) in [4.78, 5) is 0. The fourth-order valence-corrected chi connectivity index (χ4v) is 2.60. The van der Waals surface area contributed by atoms with Crippen molar-refractivity contribution in [3.63, 3.8) is 0 Å². The van der Waals surface area contributed by atoms with Gasteiger partial charge >= 0.3 is 0 Å². The predicted molar refractivity (Wildman–Crippen MR) is 65.0 cm³/mol. The predicted octanol–water partition coefficient (Wildman–Crippen LogP) is -0.885. The van der Waals surface area contributed by atoms with Crippen molar-refractivity contribution < 1.29 is 13.2 Å². The maximum absolute atomic E-state index is 11.9. The van der Waals surface area contributed by atoms with Crippen molar-refractivity contribution in [2.24, 2.45) is 11.1 Å². The summed E-state index contributed by atoms with van der Waals surface area (Å²) < 4.78 is 32.7. The lowest BCUT2D eigenvalue weighted by molar-refractivity contribution is 0.0724. The standard InChI is InChI=1S/C9H20N4O3S/c1-9(2,8(10)11)7-12-17(14,15)13-3-5-16-6-4-13/h12H,3-7H2,1-2H3,(H3,10,11). The minimum absolute atomic E-state index is 0.0397. The van der Waals surface area contributed by atoms with Crippen LogP contribution in [0.25, 0.3) is 0 Å². The first-order chi connectivity index (χ1) is 7.76. The van der Waals surface area contributed by atoms with Gasteiger partial charge in [-0.3, -0.25) is 5.41 Å². The lowest BCUT2D eigenvalue weighted by Gasteiger charge is -2.29. The van der Waals surface area contributed by atoms with Crippen LogP contribution >= 0.6 is 0 Å². The van der Waals surface area contributed by atoms with Crippen molar-refractivity contribution >= 4 is 16.0 Å². The molecule has 1 aliphatic heterocycles. The van der Waals surface area contributed by atoms with E-state index in [2.05, 4.69) is 4.72 Å². The highest BCUT2D eigenvalue weighted by Crippen LogP contribution is 2.13. The zero-order valence-corrected chi connectivity index (χ0v) is 11.0. The topological polar surface area (TPSA) is 109 Å². The molecule has 7 nitrogen and oxygen atoms in total.